The Balaban J connectivity index is 1.23. The molecule has 190 valence electrons. The molecule has 0 saturated heterocycles. The van der Waals surface area contributed by atoms with Crippen LogP contribution in [0.4, 0.5) is 0 Å². The van der Waals surface area contributed by atoms with Gasteiger partial charge >= 0.3 is 0 Å². The third-order valence-corrected chi connectivity index (χ3v) is 12.8. The molecule has 0 radical (unpaired) electrons. The van der Waals surface area contributed by atoms with E-state index in [9.17, 15) is 10.2 Å². The lowest BCUT2D eigenvalue weighted by Crippen LogP contribution is -2.55. The molecule has 0 unspecified atom stereocenters. The minimum absolute atomic E-state index is 0.0489. The number of aliphatic hydroxyl groups excluding tert-OH is 1. The summed E-state index contributed by atoms with van der Waals surface area (Å²) in [4.78, 5) is 0. The molecule has 0 amide bonds. The normalized spacial score (nSPS) is 50.2. The van der Waals surface area contributed by atoms with Crippen LogP contribution in [-0.2, 0) is 0 Å². The van der Waals surface area contributed by atoms with E-state index in [1.165, 1.54) is 83.5 Å². The molecule has 2 nitrogen and oxygen atoms in total. The largest absolute Gasteiger partial charge is 0.393 e. The molecule has 0 heterocycles. The minimum Gasteiger partial charge on any atom is -0.393 e. The third kappa shape index (κ3) is 4.36. The van der Waals surface area contributed by atoms with Gasteiger partial charge in [0.05, 0.1) is 11.7 Å². The lowest BCUT2D eigenvalue weighted by atomic mass is 9.43. The van der Waals surface area contributed by atoms with Gasteiger partial charge in [-0.25, -0.2) is 0 Å². The predicted octanol–water partition coefficient (Wildman–Crippen LogP) is 7.75. The van der Waals surface area contributed by atoms with Crippen molar-refractivity contribution in [2.45, 2.75) is 142 Å². The second-order valence-electron chi connectivity index (χ2n) is 14.6. The quantitative estimate of drug-likeness (QED) is 0.442. The van der Waals surface area contributed by atoms with Crippen LogP contribution in [0, 0.1) is 52.3 Å². The Morgan fingerprint density at radius 2 is 1.48 bits per heavy atom. The van der Waals surface area contributed by atoms with Crippen molar-refractivity contribution in [3.05, 3.63) is 0 Å². The van der Waals surface area contributed by atoms with Crippen molar-refractivity contribution < 1.29 is 10.2 Å². The van der Waals surface area contributed by atoms with Crippen LogP contribution in [0.3, 0.4) is 0 Å². The summed E-state index contributed by atoms with van der Waals surface area (Å²) in [5, 5.41) is 21.6. The van der Waals surface area contributed by atoms with Gasteiger partial charge in [-0.1, -0.05) is 40.0 Å². The van der Waals surface area contributed by atoms with Gasteiger partial charge in [-0.15, -0.1) is 0 Å². The van der Waals surface area contributed by atoms with Gasteiger partial charge in [-0.3, -0.25) is 0 Å². The summed E-state index contributed by atoms with van der Waals surface area (Å²) in [7, 11) is 0. The topological polar surface area (TPSA) is 40.5 Å². The summed E-state index contributed by atoms with van der Waals surface area (Å²) < 4.78 is 0. The molecule has 0 aromatic heterocycles. The Bertz CT molecular complexity index is 680. The highest BCUT2D eigenvalue weighted by Gasteiger charge is 2.61. The minimum atomic E-state index is -0.420. The highest BCUT2D eigenvalue weighted by molar-refractivity contribution is 5.10. The fraction of sp³-hybridized carbons (Fsp3) is 1.00. The molecule has 0 bridgehead atoms. The second kappa shape index (κ2) is 9.10. The van der Waals surface area contributed by atoms with E-state index >= 15 is 0 Å². The highest BCUT2D eigenvalue weighted by Crippen LogP contribution is 2.68. The first-order chi connectivity index (χ1) is 15.6. The van der Waals surface area contributed by atoms with Crippen LogP contribution in [0.1, 0.15) is 130 Å². The van der Waals surface area contributed by atoms with Gasteiger partial charge in [0.15, 0.2) is 0 Å². The number of hydrogen-bond donors (Lipinski definition) is 2. The summed E-state index contributed by atoms with van der Waals surface area (Å²) in [6.07, 6.45) is 20.6. The molecule has 5 aliphatic carbocycles. The monoisotopic (exact) mass is 458 g/mol. The van der Waals surface area contributed by atoms with Crippen LogP contribution in [0.5, 0.6) is 0 Å². The maximum absolute atomic E-state index is 10.9. The number of rotatable bonds is 5. The van der Waals surface area contributed by atoms with Gasteiger partial charge in [0, 0.05) is 0 Å². The zero-order chi connectivity index (χ0) is 23.4. The second-order valence-corrected chi connectivity index (χ2v) is 14.6. The van der Waals surface area contributed by atoms with Gasteiger partial charge in [0.1, 0.15) is 0 Å². The standard InChI is InChI=1S/C31H54O2/c1-21(10-15-28(32)22-8-6-5-7-9-22)25-13-14-26-24-12-11-23-20-29(2,33)18-19-30(23,3)27(24)16-17-31(25,26)4/h21-28,32-33H,5-20H2,1-4H3/t21-,23+,24+,25-,26+,27+,28-,29+,30+,31-/m1/s1. The molecule has 2 N–H and O–H groups in total. The van der Waals surface area contributed by atoms with Gasteiger partial charge in [0.2, 0.25) is 0 Å². The third-order valence-electron chi connectivity index (χ3n) is 12.8. The molecule has 5 fully saturated rings. The smallest absolute Gasteiger partial charge is 0.0622 e. The summed E-state index contributed by atoms with van der Waals surface area (Å²) >= 11 is 0. The maximum atomic E-state index is 10.9. The Hall–Kier alpha value is -0.0800. The van der Waals surface area contributed by atoms with Crippen LogP contribution in [-0.4, -0.2) is 21.9 Å². The molecule has 0 spiro atoms. The summed E-state index contributed by atoms with van der Waals surface area (Å²) in [5.41, 5.74) is 0.580. The van der Waals surface area contributed by atoms with E-state index in [-0.39, 0.29) is 6.10 Å². The first kappa shape index (κ1) is 24.6. The highest BCUT2D eigenvalue weighted by atomic mass is 16.3. The van der Waals surface area contributed by atoms with Crippen molar-refractivity contribution in [3.63, 3.8) is 0 Å². The molecule has 2 heteroatoms. The predicted molar refractivity (Wildman–Crippen MR) is 137 cm³/mol. The lowest BCUT2D eigenvalue weighted by molar-refractivity contribution is -0.148. The van der Waals surface area contributed by atoms with E-state index in [0.29, 0.717) is 16.7 Å². The molecule has 10 atom stereocenters. The zero-order valence-electron chi connectivity index (χ0n) is 22.3. The summed E-state index contributed by atoms with van der Waals surface area (Å²) in [6.45, 7) is 9.91. The SMILES string of the molecule is C[C@H](CC[C@@H](O)C1CCCCC1)[C@H]1CC[C@H]2[C@@H]3CC[C@H]4C[C@@](C)(O)CC[C@]4(C)[C@H]3CC[C@]12C. The molecule has 5 aliphatic rings. The van der Waals surface area contributed by atoms with Crippen LogP contribution >= 0.6 is 0 Å². The Morgan fingerprint density at radius 3 is 2.24 bits per heavy atom. The Kier molecular flexibility index (Phi) is 6.78. The molecule has 5 rings (SSSR count). The molecule has 5 saturated carbocycles. The van der Waals surface area contributed by atoms with Crippen molar-refractivity contribution in [2.75, 3.05) is 0 Å². The zero-order valence-corrected chi connectivity index (χ0v) is 22.3. The van der Waals surface area contributed by atoms with Crippen LogP contribution in [0.2, 0.25) is 0 Å². The fourth-order valence-electron chi connectivity index (χ4n) is 10.8. The van der Waals surface area contributed by atoms with Crippen molar-refractivity contribution in [3.8, 4) is 0 Å². The number of hydrogen-bond acceptors (Lipinski definition) is 2. The molecular weight excluding hydrogens is 404 g/mol. The molecule has 33 heavy (non-hydrogen) atoms. The molecular formula is C31H54O2. The van der Waals surface area contributed by atoms with Crippen LogP contribution in [0.15, 0.2) is 0 Å². The van der Waals surface area contributed by atoms with Gasteiger partial charge < -0.3 is 10.2 Å². The van der Waals surface area contributed by atoms with Crippen molar-refractivity contribution in [1.82, 2.24) is 0 Å². The number of fused-ring (bicyclic) bond motifs is 5. The molecule has 0 aromatic carbocycles. The number of aliphatic hydroxyl groups is 2. The summed E-state index contributed by atoms with van der Waals surface area (Å²) in [6, 6.07) is 0. The lowest BCUT2D eigenvalue weighted by Gasteiger charge is -2.62. The Morgan fingerprint density at radius 1 is 0.758 bits per heavy atom. The van der Waals surface area contributed by atoms with Crippen molar-refractivity contribution in [1.29, 1.82) is 0 Å². The van der Waals surface area contributed by atoms with Gasteiger partial charge in [-0.2, -0.15) is 0 Å². The Labute approximate surface area is 204 Å². The molecule has 0 aliphatic heterocycles. The van der Waals surface area contributed by atoms with Crippen LogP contribution < -0.4 is 0 Å². The van der Waals surface area contributed by atoms with E-state index in [1.54, 1.807) is 0 Å². The summed E-state index contributed by atoms with van der Waals surface area (Å²) in [5.74, 6) is 5.69. The van der Waals surface area contributed by atoms with E-state index in [1.807, 2.05) is 0 Å². The van der Waals surface area contributed by atoms with Gasteiger partial charge in [-0.05, 0) is 143 Å². The molecule has 0 aromatic rings. The van der Waals surface area contributed by atoms with E-state index in [2.05, 4.69) is 27.7 Å². The van der Waals surface area contributed by atoms with Crippen molar-refractivity contribution >= 4 is 0 Å². The van der Waals surface area contributed by atoms with E-state index in [4.69, 9.17) is 0 Å². The first-order valence-electron chi connectivity index (χ1n) is 15.0. The van der Waals surface area contributed by atoms with E-state index < -0.39 is 5.60 Å². The average Bonchev–Trinajstić information content (AvgIpc) is 3.15. The van der Waals surface area contributed by atoms with Crippen molar-refractivity contribution in [2.24, 2.45) is 52.3 Å². The van der Waals surface area contributed by atoms with Gasteiger partial charge in [0.25, 0.3) is 0 Å². The fourth-order valence-corrected chi connectivity index (χ4v) is 10.8. The first-order valence-corrected chi connectivity index (χ1v) is 15.0. The average molecular weight is 459 g/mol. The van der Waals surface area contributed by atoms with E-state index in [0.717, 1.165) is 54.8 Å². The maximum Gasteiger partial charge on any atom is 0.0622 e. The van der Waals surface area contributed by atoms with Crippen LogP contribution in [0.25, 0.3) is 0 Å².